The predicted octanol–water partition coefficient (Wildman–Crippen LogP) is 13.5. The minimum atomic E-state index is -3.11. The number of para-hydroxylation sites is 2. The van der Waals surface area contributed by atoms with Crippen molar-refractivity contribution < 1.29 is 69.9 Å². The van der Waals surface area contributed by atoms with Crippen LogP contribution in [0.3, 0.4) is 0 Å². The largest absolute Gasteiger partial charge is 0.493 e. The molecule has 14 rings (SSSR count). The van der Waals surface area contributed by atoms with E-state index in [0.717, 1.165) is 64.0 Å². The average molecular weight is 1670 g/mol. The molecule has 0 spiro atoms. The van der Waals surface area contributed by atoms with Gasteiger partial charge in [-0.05, 0) is 166 Å². The molecule has 28 nitrogen and oxygen atoms in total. The van der Waals surface area contributed by atoms with Crippen LogP contribution in [0.4, 0.5) is 39.8 Å². The lowest BCUT2D eigenvalue weighted by Gasteiger charge is -2.23. The third-order valence-corrected chi connectivity index (χ3v) is 20.5. The number of aryl methyl sites for hydroxylation is 5. The van der Waals surface area contributed by atoms with Crippen LogP contribution < -0.4 is 60.6 Å². The van der Waals surface area contributed by atoms with Gasteiger partial charge in [-0.3, -0.25) is 48.2 Å². The van der Waals surface area contributed by atoms with Gasteiger partial charge in [-0.25, -0.2) is 0 Å². The van der Waals surface area contributed by atoms with E-state index in [0.29, 0.717) is 118 Å². The van der Waals surface area contributed by atoms with Crippen molar-refractivity contribution in [1.82, 2.24) is 28.9 Å². The van der Waals surface area contributed by atoms with E-state index >= 15 is 0 Å². The standard InChI is InChI=1S/C44H48N6O6S.C43H45N7O6S.CH4.O3S/c1-44(2,57)26-45-41(52)36-20-30(24-48(36)3)27-12-15-31(16-13-27)47-42(53)37-22-32(25-49(37)4)46-40(51)11-8-18-56-39-21-28-14-17-33-19-29-9-6-7-10-35(29)50(33)43(54)34(28)23-38(39)55-5;1-43(2,57)25-45-40(52)35-18-28(23-48(35)3)26-12-14-29(15-13-26)47-41(53)36-19-30(24-49(36)4)46-39(51)11-8-16-56-38-21-33-32(20-37(38)55-5)42(54)50-31(22-44-33)17-27-9-6-7-10-34(27)50;;1-4(2)3/h6-7,9-10,12-13,15-16,20-25,33,57H,8,11,14,17-19,26H2,1-5H3,(H,45,52)(H,46,51)(H,47,53);6-7,9-10,12-15,18-24,31,57H,8,11,16-17,25H2,1-5H3,(H,45,52)(H,46,51)(H,47,53);1H4;/t33-;31-;;/m10../s1. The Balaban J connectivity index is 0.000000221. The zero-order valence-corrected chi connectivity index (χ0v) is 69.5. The van der Waals surface area contributed by atoms with E-state index in [1.54, 1.807) is 118 Å². The number of fused-ring (bicyclic) bond motifs is 8. The number of carbonyl (C=O) groups excluding carboxylic acids is 8. The summed E-state index contributed by atoms with van der Waals surface area (Å²) in [5.74, 6) is 0.227. The third kappa shape index (κ3) is 21.4. The van der Waals surface area contributed by atoms with Crippen molar-refractivity contribution in [1.29, 1.82) is 0 Å². The maximum absolute atomic E-state index is 13.8. The summed E-state index contributed by atoms with van der Waals surface area (Å²) in [6.07, 6.45) is 13.3. The second kappa shape index (κ2) is 37.8. The van der Waals surface area contributed by atoms with E-state index in [1.165, 1.54) is 12.7 Å². The Kier molecular flexibility index (Phi) is 27.7. The van der Waals surface area contributed by atoms with Crippen molar-refractivity contribution in [2.75, 3.05) is 71.6 Å². The first-order chi connectivity index (χ1) is 56.3. The van der Waals surface area contributed by atoms with Gasteiger partial charge in [0.25, 0.3) is 35.4 Å². The Morgan fingerprint density at radius 1 is 0.479 bits per heavy atom. The normalized spacial score (nSPS) is 14.1. The molecular weight excluding hydrogens is 1580 g/mol. The van der Waals surface area contributed by atoms with Crippen LogP contribution in [-0.2, 0) is 67.7 Å². The highest BCUT2D eigenvalue weighted by atomic mass is 32.2. The van der Waals surface area contributed by atoms with Crippen molar-refractivity contribution in [2.45, 2.75) is 108 Å². The van der Waals surface area contributed by atoms with E-state index in [-0.39, 0.29) is 102 Å². The molecule has 0 fully saturated rings. The minimum Gasteiger partial charge on any atom is -0.493 e. The highest BCUT2D eigenvalue weighted by Crippen LogP contribution is 2.43. The first-order valence-corrected chi connectivity index (χ1v) is 40.1. The van der Waals surface area contributed by atoms with Crippen LogP contribution in [0, 0.1) is 0 Å². The second-order valence-electron chi connectivity index (χ2n) is 30.4. The minimum absolute atomic E-state index is 0. The number of nitrogens with one attached hydrogen (secondary N) is 6. The third-order valence-electron chi connectivity index (χ3n) is 20.2. The maximum atomic E-state index is 13.8. The van der Waals surface area contributed by atoms with Gasteiger partial charge in [0.2, 0.25) is 11.8 Å². The van der Waals surface area contributed by atoms with Crippen molar-refractivity contribution in [3.8, 4) is 45.3 Å². The summed E-state index contributed by atoms with van der Waals surface area (Å²) in [4.78, 5) is 113. The molecule has 8 heterocycles. The Bertz CT molecular complexity index is 5650. The fourth-order valence-corrected chi connectivity index (χ4v) is 14.6. The number of ether oxygens (including phenoxy) is 4. The fourth-order valence-electron chi connectivity index (χ4n) is 14.4. The molecule has 31 heteroatoms. The monoisotopic (exact) mass is 1670 g/mol. The van der Waals surface area contributed by atoms with Crippen molar-refractivity contribution in [3.63, 3.8) is 0 Å². The van der Waals surface area contributed by atoms with Gasteiger partial charge in [-0.1, -0.05) is 68.1 Å². The molecule has 0 saturated heterocycles. The van der Waals surface area contributed by atoms with Gasteiger partial charge in [0, 0.05) is 153 Å². The highest BCUT2D eigenvalue weighted by molar-refractivity contribution is 7.82. The number of hydrogen-bond donors (Lipinski definition) is 8. The zero-order valence-electron chi connectivity index (χ0n) is 66.9. The number of thiol groups is 2. The van der Waals surface area contributed by atoms with Gasteiger partial charge in [0.15, 0.2) is 23.0 Å². The number of methoxy groups -OCH3 is 2. The van der Waals surface area contributed by atoms with Gasteiger partial charge >= 0.3 is 10.6 Å². The lowest BCUT2D eigenvalue weighted by Crippen LogP contribution is -2.37. The molecule has 622 valence electrons. The van der Waals surface area contributed by atoms with Gasteiger partial charge in [0.05, 0.1) is 56.1 Å². The molecule has 10 aromatic rings. The molecule has 0 radical (unpaired) electrons. The Hall–Kier alpha value is -12.6. The first-order valence-electron chi connectivity index (χ1n) is 38.2. The molecule has 0 unspecified atom stereocenters. The molecular formula is C88H97N13O15S3. The molecule has 0 saturated carbocycles. The van der Waals surface area contributed by atoms with E-state index in [1.807, 2.05) is 144 Å². The van der Waals surface area contributed by atoms with Gasteiger partial charge in [-0.2, -0.15) is 25.3 Å². The van der Waals surface area contributed by atoms with Crippen LogP contribution in [0.15, 0.2) is 175 Å². The number of hydrogen-bond acceptors (Lipinski definition) is 18. The smallest absolute Gasteiger partial charge is 0.425 e. The lowest BCUT2D eigenvalue weighted by atomic mass is 9.99. The van der Waals surface area contributed by atoms with Crippen molar-refractivity contribution in [3.05, 3.63) is 221 Å². The maximum Gasteiger partial charge on any atom is 0.425 e. The van der Waals surface area contributed by atoms with E-state index in [4.69, 9.17) is 31.6 Å². The number of aromatic nitrogens is 4. The molecule has 4 aliphatic heterocycles. The SMILES string of the molecule is C.COc1cc2c(cc1OCCCC(=O)Nc1cc(C(=O)Nc3ccc(-c4cc(C(=O)NCC(C)(C)S)n(C)c4)cc3)n(C)c1)CC[C@@H]1Cc3ccccc3N1C2=O.COc1cc2c(cc1OCCCC(=O)Nc1cc(C(=O)Nc3ccc(-c4cc(C(=O)NCC(C)(C)S)n(C)c4)cc3)n(C)c1)N=C[C@@H]1Cc3ccccc3N1C2=O.O=S(=O)=O. The van der Waals surface area contributed by atoms with Gasteiger partial charge < -0.3 is 74.0 Å². The van der Waals surface area contributed by atoms with Crippen molar-refractivity contribution in [2.24, 2.45) is 33.2 Å². The number of nitrogens with zero attached hydrogens (tertiary/aromatic N) is 7. The molecule has 6 aromatic carbocycles. The summed E-state index contributed by atoms with van der Waals surface area (Å²) in [6, 6.07) is 44.6. The topological polar surface area (TPSA) is 335 Å². The summed E-state index contributed by atoms with van der Waals surface area (Å²) in [6.45, 7) is 9.10. The lowest BCUT2D eigenvalue weighted by molar-refractivity contribution is -0.117. The van der Waals surface area contributed by atoms with Gasteiger partial charge in [0.1, 0.15) is 22.8 Å². The van der Waals surface area contributed by atoms with Crippen LogP contribution in [0.2, 0.25) is 0 Å². The molecule has 4 aromatic heterocycles. The number of carbonyl (C=O) groups is 8. The Morgan fingerprint density at radius 2 is 0.899 bits per heavy atom. The van der Waals surface area contributed by atoms with Crippen LogP contribution in [0.25, 0.3) is 22.3 Å². The summed E-state index contributed by atoms with van der Waals surface area (Å²) in [7, 11) is 7.08. The molecule has 2 atom stereocenters. The number of rotatable bonds is 26. The molecule has 0 bridgehead atoms. The fraction of sp³-hybridized carbons (Fsp3) is 0.307. The Labute approximate surface area is 702 Å². The summed E-state index contributed by atoms with van der Waals surface area (Å²) in [5.41, 5.74) is 14.2. The van der Waals surface area contributed by atoms with E-state index in [9.17, 15) is 38.4 Å². The van der Waals surface area contributed by atoms with Crippen molar-refractivity contribution >= 4 is 129 Å². The highest BCUT2D eigenvalue weighted by Gasteiger charge is 2.39. The quantitative estimate of drug-likeness (QED) is 0.0184. The summed E-state index contributed by atoms with van der Waals surface area (Å²) < 4.78 is 54.9. The molecule has 8 amide bonds. The van der Waals surface area contributed by atoms with Crippen LogP contribution >= 0.6 is 25.3 Å². The second-order valence-corrected chi connectivity index (χ2v) is 33.2. The predicted molar refractivity (Wildman–Crippen MR) is 466 cm³/mol. The number of aliphatic imine (C=N–C) groups is 1. The summed E-state index contributed by atoms with van der Waals surface area (Å²) >= 11 is 8.95. The van der Waals surface area contributed by atoms with Crippen LogP contribution in [0.5, 0.6) is 23.0 Å². The van der Waals surface area contributed by atoms with Crippen LogP contribution in [0.1, 0.15) is 147 Å². The van der Waals surface area contributed by atoms with Gasteiger partial charge in [-0.15, -0.1) is 12.6 Å². The molecule has 119 heavy (non-hydrogen) atoms. The molecule has 6 N–H and O–H groups in total. The number of amides is 8. The zero-order chi connectivity index (χ0) is 84.4. The molecule has 0 aliphatic carbocycles. The molecule has 4 aliphatic rings. The van der Waals surface area contributed by atoms with E-state index in [2.05, 4.69) is 68.2 Å². The summed E-state index contributed by atoms with van der Waals surface area (Å²) in [5, 5.41) is 17.4. The number of benzene rings is 6. The first kappa shape index (κ1) is 87.2. The average Bonchev–Trinajstić information content (AvgIpc) is 1.62. The Morgan fingerprint density at radius 3 is 1.37 bits per heavy atom. The number of anilines is 6. The van der Waals surface area contributed by atoms with Crippen LogP contribution in [-0.4, -0.2) is 146 Å². The van der Waals surface area contributed by atoms with E-state index < -0.39 is 10.6 Å².